The summed E-state index contributed by atoms with van der Waals surface area (Å²) in [7, 11) is 0. The highest BCUT2D eigenvalue weighted by molar-refractivity contribution is 5.86. The Morgan fingerprint density at radius 2 is 1.71 bits per heavy atom. The molecule has 0 aliphatic rings. The first-order chi connectivity index (χ1) is 7.59. The van der Waals surface area contributed by atoms with Crippen LogP contribution in [0.25, 0.3) is 0 Å². The van der Waals surface area contributed by atoms with Crippen LogP contribution in [0.3, 0.4) is 0 Å². The fraction of sp³-hybridized carbons (Fsp3) is 0.636. The highest BCUT2D eigenvalue weighted by atomic mass is 16.6. The van der Waals surface area contributed by atoms with Gasteiger partial charge < -0.3 is 20.7 Å². The van der Waals surface area contributed by atoms with Crippen LogP contribution >= 0.6 is 0 Å². The van der Waals surface area contributed by atoms with E-state index in [0.29, 0.717) is 0 Å². The number of aliphatic carboxylic acids is 1. The van der Waals surface area contributed by atoms with Gasteiger partial charge in [0.2, 0.25) is 0 Å². The number of aliphatic hydroxyl groups is 1. The van der Waals surface area contributed by atoms with Crippen LogP contribution in [0.5, 0.6) is 0 Å². The summed E-state index contributed by atoms with van der Waals surface area (Å²) >= 11 is 0. The van der Waals surface area contributed by atoms with E-state index >= 15 is 0 Å². The highest BCUT2D eigenvalue weighted by Crippen LogP contribution is 1.96. The first-order valence-corrected chi connectivity index (χ1v) is 5.12. The zero-order valence-corrected chi connectivity index (χ0v) is 10.6. The molecule has 0 saturated carbocycles. The fourth-order valence-corrected chi connectivity index (χ4v) is 0.541. The van der Waals surface area contributed by atoms with Gasteiger partial charge in [0, 0.05) is 5.57 Å². The molecule has 0 bridgehead atoms. The van der Waals surface area contributed by atoms with Crippen molar-refractivity contribution in [3.8, 4) is 0 Å². The number of ether oxygens (including phenoxy) is 1. The normalized spacial score (nSPS) is 13.1. The van der Waals surface area contributed by atoms with Gasteiger partial charge in [0.05, 0.1) is 0 Å². The summed E-state index contributed by atoms with van der Waals surface area (Å²) in [6, 6.07) is -0.713. The molecule has 1 unspecified atom stereocenters. The Hall–Kier alpha value is -1.40. The zero-order chi connectivity index (χ0) is 14.2. The molecule has 6 heteroatoms. The molecule has 6 nitrogen and oxygen atoms in total. The largest absolute Gasteiger partial charge is 0.480 e. The molecule has 0 aromatic heterocycles. The Kier molecular flexibility index (Phi) is 9.22. The highest BCUT2D eigenvalue weighted by Gasteiger charge is 2.14. The fourth-order valence-electron chi connectivity index (χ4n) is 0.541. The van der Waals surface area contributed by atoms with Crippen molar-refractivity contribution in [1.82, 2.24) is 0 Å². The molecular formula is C11H21NO5. The van der Waals surface area contributed by atoms with Crippen LogP contribution in [0.2, 0.25) is 0 Å². The minimum absolute atomic E-state index is 0.0208. The summed E-state index contributed by atoms with van der Waals surface area (Å²) < 4.78 is 4.33. The SMILES string of the molecule is C=C(C)C(=O)OC(C)O.CC(C)[C@H](N)C(=O)O. The third-order valence-corrected chi connectivity index (χ3v) is 1.63. The smallest absolute Gasteiger partial charge is 0.335 e. The topological polar surface area (TPSA) is 110 Å². The molecular weight excluding hydrogens is 226 g/mol. The Morgan fingerprint density at radius 1 is 1.29 bits per heavy atom. The molecule has 0 spiro atoms. The molecule has 2 atom stereocenters. The van der Waals surface area contributed by atoms with E-state index in [9.17, 15) is 9.59 Å². The second-order valence-corrected chi connectivity index (χ2v) is 3.89. The number of nitrogens with two attached hydrogens (primary N) is 1. The minimum atomic E-state index is -1.05. The van der Waals surface area contributed by atoms with Crippen LogP contribution in [0, 0.1) is 5.92 Å². The number of carboxylic acid groups (broad SMARTS) is 1. The van der Waals surface area contributed by atoms with Crippen molar-refractivity contribution < 1.29 is 24.5 Å². The van der Waals surface area contributed by atoms with Crippen LogP contribution in [0.1, 0.15) is 27.7 Å². The van der Waals surface area contributed by atoms with Gasteiger partial charge >= 0.3 is 11.9 Å². The maximum Gasteiger partial charge on any atom is 0.335 e. The van der Waals surface area contributed by atoms with Crippen LogP contribution in [-0.2, 0) is 14.3 Å². The number of carbonyl (C=O) groups excluding carboxylic acids is 1. The Morgan fingerprint density at radius 3 is 1.76 bits per heavy atom. The van der Waals surface area contributed by atoms with Gasteiger partial charge in [-0.3, -0.25) is 4.79 Å². The number of carboxylic acids is 1. The van der Waals surface area contributed by atoms with Gasteiger partial charge in [-0.05, 0) is 19.8 Å². The van der Waals surface area contributed by atoms with Crippen molar-refractivity contribution in [3.05, 3.63) is 12.2 Å². The van der Waals surface area contributed by atoms with Crippen molar-refractivity contribution >= 4 is 11.9 Å². The molecule has 0 amide bonds. The third-order valence-electron chi connectivity index (χ3n) is 1.63. The number of hydrogen-bond donors (Lipinski definition) is 3. The Labute approximate surface area is 101 Å². The molecule has 0 saturated heterocycles. The third kappa shape index (κ3) is 10.9. The van der Waals surface area contributed by atoms with Crippen molar-refractivity contribution in [2.75, 3.05) is 0 Å². The molecule has 0 aromatic rings. The predicted molar refractivity (Wildman–Crippen MR) is 63.0 cm³/mol. The van der Waals surface area contributed by atoms with Gasteiger partial charge in [-0.2, -0.15) is 0 Å². The van der Waals surface area contributed by atoms with Crippen molar-refractivity contribution in [3.63, 3.8) is 0 Å². The first-order valence-electron chi connectivity index (χ1n) is 5.12. The zero-order valence-electron chi connectivity index (χ0n) is 10.6. The molecule has 0 aliphatic carbocycles. The van der Waals surface area contributed by atoms with Crippen molar-refractivity contribution in [2.24, 2.45) is 11.7 Å². The molecule has 0 radical (unpaired) electrons. The van der Waals surface area contributed by atoms with Gasteiger partial charge in [-0.15, -0.1) is 0 Å². The monoisotopic (exact) mass is 247 g/mol. The van der Waals surface area contributed by atoms with Gasteiger partial charge in [0.15, 0.2) is 6.29 Å². The van der Waals surface area contributed by atoms with Gasteiger partial charge in [-0.1, -0.05) is 20.4 Å². The summed E-state index contributed by atoms with van der Waals surface area (Å²) in [5.41, 5.74) is 5.45. The van der Waals surface area contributed by atoms with E-state index < -0.39 is 24.3 Å². The van der Waals surface area contributed by atoms with Crippen LogP contribution < -0.4 is 5.73 Å². The minimum Gasteiger partial charge on any atom is -0.480 e. The van der Waals surface area contributed by atoms with E-state index in [1.165, 1.54) is 13.8 Å². The van der Waals surface area contributed by atoms with Crippen molar-refractivity contribution in [1.29, 1.82) is 0 Å². The molecule has 0 aliphatic heterocycles. The lowest BCUT2D eigenvalue weighted by molar-refractivity contribution is -0.159. The average Bonchev–Trinajstić information content (AvgIpc) is 2.15. The molecule has 0 aromatic carbocycles. The summed E-state index contributed by atoms with van der Waals surface area (Å²) in [5, 5.41) is 16.7. The second-order valence-electron chi connectivity index (χ2n) is 3.89. The maximum atomic E-state index is 10.5. The summed E-state index contributed by atoms with van der Waals surface area (Å²) in [4.78, 5) is 20.5. The molecule has 0 rings (SSSR count). The Bertz CT molecular complexity index is 273. The number of esters is 1. The predicted octanol–water partition coefficient (Wildman–Crippen LogP) is 0.498. The van der Waals surface area contributed by atoms with Crippen molar-refractivity contribution in [2.45, 2.75) is 40.0 Å². The quantitative estimate of drug-likeness (QED) is 0.379. The van der Waals surface area contributed by atoms with Crippen LogP contribution in [0.4, 0.5) is 0 Å². The standard InChI is InChI=1S/C6H10O3.C5H11NO2/c1-4(2)6(8)9-5(3)7;1-3(2)4(6)5(7)8/h5,7H,1H2,2-3H3;3-4H,6H2,1-2H3,(H,7,8)/t;4-/m.0/s1. The average molecular weight is 247 g/mol. The lowest BCUT2D eigenvalue weighted by Crippen LogP contribution is -2.34. The lowest BCUT2D eigenvalue weighted by atomic mass is 10.1. The van der Waals surface area contributed by atoms with E-state index in [2.05, 4.69) is 11.3 Å². The summed E-state index contributed by atoms with van der Waals surface area (Å²) in [6.07, 6.45) is -1.05. The van der Waals surface area contributed by atoms with E-state index in [0.717, 1.165) is 0 Å². The Balaban J connectivity index is 0. The number of hydrogen-bond acceptors (Lipinski definition) is 5. The van der Waals surface area contributed by atoms with Crippen LogP contribution in [0.15, 0.2) is 12.2 Å². The molecule has 0 heterocycles. The summed E-state index contributed by atoms with van der Waals surface area (Å²) in [6.45, 7) is 9.76. The second kappa shape index (κ2) is 8.72. The molecule has 17 heavy (non-hydrogen) atoms. The number of aliphatic hydroxyl groups excluding tert-OH is 1. The molecule has 4 N–H and O–H groups in total. The number of rotatable bonds is 4. The van der Waals surface area contributed by atoms with E-state index in [1.807, 2.05) is 0 Å². The van der Waals surface area contributed by atoms with Gasteiger partial charge in [-0.25, -0.2) is 4.79 Å². The molecule has 0 fully saturated rings. The first kappa shape index (κ1) is 18.0. The van der Waals surface area contributed by atoms with E-state index in [-0.39, 0.29) is 11.5 Å². The maximum absolute atomic E-state index is 10.5. The van der Waals surface area contributed by atoms with Crippen LogP contribution in [-0.4, -0.2) is 34.5 Å². The summed E-state index contributed by atoms with van der Waals surface area (Å²) in [5.74, 6) is -1.47. The molecule has 100 valence electrons. The van der Waals surface area contributed by atoms with E-state index in [4.69, 9.17) is 15.9 Å². The van der Waals surface area contributed by atoms with Gasteiger partial charge in [0.25, 0.3) is 0 Å². The van der Waals surface area contributed by atoms with E-state index in [1.54, 1.807) is 13.8 Å². The lowest BCUT2D eigenvalue weighted by Gasteiger charge is -2.07. The van der Waals surface area contributed by atoms with Gasteiger partial charge in [0.1, 0.15) is 6.04 Å². The number of carbonyl (C=O) groups is 2.